The fourth-order valence-corrected chi connectivity index (χ4v) is 2.60. The molecule has 0 aliphatic carbocycles. The van der Waals surface area contributed by atoms with E-state index in [-0.39, 0.29) is 18.6 Å². The van der Waals surface area contributed by atoms with E-state index in [1.165, 1.54) is 16.9 Å². The highest BCUT2D eigenvalue weighted by Gasteiger charge is 2.15. The molecule has 3 nitrogen and oxygen atoms in total. The fraction of sp³-hybridized carbons (Fsp3) is 0.267. The fourth-order valence-electron chi connectivity index (χ4n) is 1.78. The van der Waals surface area contributed by atoms with Gasteiger partial charge in [0.15, 0.2) is 0 Å². The van der Waals surface area contributed by atoms with Gasteiger partial charge in [0.05, 0.1) is 11.5 Å². The Bertz CT molecular complexity index is 560. The number of carbonyl (C=O) groups is 1. The number of rotatable bonds is 4. The highest BCUT2D eigenvalue weighted by molar-refractivity contribution is 7.12. The third kappa shape index (κ3) is 3.22. The van der Waals surface area contributed by atoms with E-state index in [1.54, 1.807) is 6.92 Å². The van der Waals surface area contributed by atoms with E-state index in [9.17, 15) is 4.79 Å². The maximum Gasteiger partial charge on any atom is 0.262 e. The second-order valence-electron chi connectivity index (χ2n) is 4.59. The highest BCUT2D eigenvalue weighted by atomic mass is 32.1. The molecule has 2 rings (SSSR count). The van der Waals surface area contributed by atoms with Gasteiger partial charge >= 0.3 is 0 Å². The van der Waals surface area contributed by atoms with Crippen LogP contribution in [0.25, 0.3) is 11.1 Å². The average molecular weight is 275 g/mol. The molecule has 100 valence electrons. The van der Waals surface area contributed by atoms with Crippen molar-refractivity contribution in [1.29, 1.82) is 0 Å². The van der Waals surface area contributed by atoms with E-state index < -0.39 is 0 Å². The molecule has 0 aliphatic rings. The van der Waals surface area contributed by atoms with Gasteiger partial charge in [-0.1, -0.05) is 29.8 Å². The van der Waals surface area contributed by atoms with Crippen LogP contribution >= 0.6 is 11.3 Å². The van der Waals surface area contributed by atoms with E-state index in [1.807, 2.05) is 42.6 Å². The summed E-state index contributed by atoms with van der Waals surface area (Å²) in [5.41, 5.74) is 3.17. The van der Waals surface area contributed by atoms with Crippen LogP contribution in [0.1, 0.15) is 22.2 Å². The lowest BCUT2D eigenvalue weighted by Crippen LogP contribution is -2.34. The largest absolute Gasteiger partial charge is 0.394 e. The zero-order valence-corrected chi connectivity index (χ0v) is 11.8. The molecule has 0 fully saturated rings. The minimum Gasteiger partial charge on any atom is -0.394 e. The van der Waals surface area contributed by atoms with Gasteiger partial charge in [0.2, 0.25) is 0 Å². The molecule has 2 N–H and O–H groups in total. The highest BCUT2D eigenvalue weighted by Crippen LogP contribution is 2.28. The first kappa shape index (κ1) is 13.8. The third-order valence-electron chi connectivity index (χ3n) is 2.89. The van der Waals surface area contributed by atoms with E-state index in [4.69, 9.17) is 5.11 Å². The van der Waals surface area contributed by atoms with Gasteiger partial charge in [-0.2, -0.15) is 0 Å². The SMILES string of the molecule is Cc1ccc(-c2ccsc2C(=O)NC(C)CO)cc1. The number of hydrogen-bond acceptors (Lipinski definition) is 3. The van der Waals surface area contributed by atoms with Crippen molar-refractivity contribution in [1.82, 2.24) is 5.32 Å². The number of nitrogens with one attached hydrogen (secondary N) is 1. The van der Waals surface area contributed by atoms with Gasteiger partial charge in [-0.15, -0.1) is 11.3 Å². The number of hydrogen-bond donors (Lipinski definition) is 2. The van der Waals surface area contributed by atoms with Crippen molar-refractivity contribution in [3.05, 3.63) is 46.2 Å². The minimum absolute atomic E-state index is 0.0586. The minimum atomic E-state index is -0.236. The Balaban J connectivity index is 2.27. The molecule has 1 aromatic carbocycles. The summed E-state index contributed by atoms with van der Waals surface area (Å²) in [6, 6.07) is 9.82. The maximum absolute atomic E-state index is 12.1. The van der Waals surface area contributed by atoms with Crippen LogP contribution in [0.15, 0.2) is 35.7 Å². The average Bonchev–Trinajstić information content (AvgIpc) is 2.88. The van der Waals surface area contributed by atoms with Gasteiger partial charge < -0.3 is 10.4 Å². The van der Waals surface area contributed by atoms with E-state index in [0.717, 1.165) is 11.1 Å². The van der Waals surface area contributed by atoms with Crippen molar-refractivity contribution < 1.29 is 9.90 Å². The maximum atomic E-state index is 12.1. The number of carbonyl (C=O) groups excluding carboxylic acids is 1. The Morgan fingerprint density at radius 2 is 2.00 bits per heavy atom. The number of amides is 1. The van der Waals surface area contributed by atoms with Crippen molar-refractivity contribution in [3.8, 4) is 11.1 Å². The Kier molecular flexibility index (Phi) is 4.35. The number of aliphatic hydroxyl groups excluding tert-OH is 1. The summed E-state index contributed by atoms with van der Waals surface area (Å²) < 4.78 is 0. The lowest BCUT2D eigenvalue weighted by molar-refractivity contribution is 0.0927. The molecule has 4 heteroatoms. The van der Waals surface area contributed by atoms with Gasteiger partial charge in [-0.25, -0.2) is 0 Å². The Morgan fingerprint density at radius 3 is 2.63 bits per heavy atom. The number of benzene rings is 1. The second kappa shape index (κ2) is 5.99. The molecular weight excluding hydrogens is 258 g/mol. The molecule has 0 bridgehead atoms. The molecule has 2 aromatic rings. The van der Waals surface area contributed by atoms with E-state index in [2.05, 4.69) is 5.32 Å². The molecule has 0 aliphatic heterocycles. The normalized spacial score (nSPS) is 12.2. The van der Waals surface area contributed by atoms with E-state index in [0.29, 0.717) is 4.88 Å². The molecular formula is C15H17NO2S. The van der Waals surface area contributed by atoms with Crippen molar-refractivity contribution >= 4 is 17.2 Å². The third-order valence-corrected chi connectivity index (χ3v) is 3.80. The molecule has 0 spiro atoms. The first-order chi connectivity index (χ1) is 9.11. The molecule has 0 saturated carbocycles. The predicted octanol–water partition coefficient (Wildman–Crippen LogP) is 2.83. The van der Waals surface area contributed by atoms with Crippen molar-refractivity contribution in [2.45, 2.75) is 19.9 Å². The Labute approximate surface area is 116 Å². The van der Waals surface area contributed by atoms with Crippen LogP contribution in [0.3, 0.4) is 0 Å². The summed E-state index contributed by atoms with van der Waals surface area (Å²) in [5.74, 6) is -0.132. The molecule has 1 aromatic heterocycles. The zero-order chi connectivity index (χ0) is 13.8. The summed E-state index contributed by atoms with van der Waals surface area (Å²) in [6.07, 6.45) is 0. The van der Waals surface area contributed by atoms with Crippen LogP contribution < -0.4 is 5.32 Å². The zero-order valence-electron chi connectivity index (χ0n) is 11.0. The Morgan fingerprint density at radius 1 is 1.32 bits per heavy atom. The number of thiophene rings is 1. The molecule has 0 radical (unpaired) electrons. The smallest absolute Gasteiger partial charge is 0.262 e. The van der Waals surface area contributed by atoms with Crippen LogP contribution in [-0.4, -0.2) is 23.7 Å². The van der Waals surface area contributed by atoms with Crippen molar-refractivity contribution in [2.24, 2.45) is 0 Å². The summed E-state index contributed by atoms with van der Waals surface area (Å²) >= 11 is 1.42. The summed E-state index contributed by atoms with van der Waals surface area (Å²) in [7, 11) is 0. The summed E-state index contributed by atoms with van der Waals surface area (Å²) in [5, 5.41) is 13.7. The molecule has 1 heterocycles. The van der Waals surface area contributed by atoms with Gasteiger partial charge in [0, 0.05) is 11.6 Å². The van der Waals surface area contributed by atoms with Gasteiger partial charge in [0.1, 0.15) is 0 Å². The molecule has 1 unspecified atom stereocenters. The van der Waals surface area contributed by atoms with Crippen molar-refractivity contribution in [2.75, 3.05) is 6.61 Å². The van der Waals surface area contributed by atoms with Crippen LogP contribution in [-0.2, 0) is 0 Å². The van der Waals surface area contributed by atoms with Gasteiger partial charge in [0.25, 0.3) is 5.91 Å². The second-order valence-corrected chi connectivity index (χ2v) is 5.50. The number of aryl methyl sites for hydroxylation is 1. The lowest BCUT2D eigenvalue weighted by atomic mass is 10.0. The molecule has 19 heavy (non-hydrogen) atoms. The lowest BCUT2D eigenvalue weighted by Gasteiger charge is -2.11. The van der Waals surface area contributed by atoms with Crippen molar-refractivity contribution in [3.63, 3.8) is 0 Å². The monoisotopic (exact) mass is 275 g/mol. The molecule has 0 saturated heterocycles. The Hall–Kier alpha value is -1.65. The topological polar surface area (TPSA) is 49.3 Å². The number of aliphatic hydroxyl groups is 1. The van der Waals surface area contributed by atoms with Crippen LogP contribution in [0.4, 0.5) is 0 Å². The van der Waals surface area contributed by atoms with Crippen LogP contribution in [0.2, 0.25) is 0 Å². The van der Waals surface area contributed by atoms with Gasteiger partial charge in [-0.05, 0) is 30.9 Å². The quantitative estimate of drug-likeness (QED) is 0.901. The summed E-state index contributed by atoms with van der Waals surface area (Å²) in [4.78, 5) is 12.8. The molecule has 1 atom stereocenters. The standard InChI is InChI=1S/C15H17NO2S/c1-10-3-5-12(6-4-10)13-7-8-19-14(13)15(18)16-11(2)9-17/h3-8,11,17H,9H2,1-2H3,(H,16,18). The molecule has 1 amide bonds. The van der Waals surface area contributed by atoms with E-state index >= 15 is 0 Å². The first-order valence-electron chi connectivity index (χ1n) is 6.18. The first-order valence-corrected chi connectivity index (χ1v) is 7.06. The predicted molar refractivity (Wildman–Crippen MR) is 78.5 cm³/mol. The van der Waals surface area contributed by atoms with Crippen LogP contribution in [0.5, 0.6) is 0 Å². The van der Waals surface area contributed by atoms with Crippen LogP contribution in [0, 0.1) is 6.92 Å². The summed E-state index contributed by atoms with van der Waals surface area (Å²) in [6.45, 7) is 3.75. The van der Waals surface area contributed by atoms with Gasteiger partial charge in [-0.3, -0.25) is 4.79 Å².